The predicted molar refractivity (Wildman–Crippen MR) is 86.4 cm³/mol. The van der Waals surface area contributed by atoms with Crippen LogP contribution in [0.1, 0.15) is 5.69 Å². The molecule has 1 aliphatic heterocycles. The van der Waals surface area contributed by atoms with Gasteiger partial charge in [-0.3, -0.25) is 0 Å². The van der Waals surface area contributed by atoms with E-state index >= 15 is 0 Å². The zero-order valence-electron chi connectivity index (χ0n) is 11.0. The van der Waals surface area contributed by atoms with Crippen LogP contribution in [-0.2, 0) is 11.3 Å². The second kappa shape index (κ2) is 5.82. The van der Waals surface area contributed by atoms with Crippen molar-refractivity contribution in [2.24, 2.45) is 0 Å². The van der Waals surface area contributed by atoms with E-state index in [2.05, 4.69) is 32.6 Å². The molecule has 0 bridgehead atoms. The second-order valence-electron chi connectivity index (χ2n) is 4.32. The van der Waals surface area contributed by atoms with Crippen molar-refractivity contribution in [3.05, 3.63) is 26.4 Å². The van der Waals surface area contributed by atoms with Gasteiger partial charge in [-0.15, -0.1) is 0 Å². The molecule has 0 amide bonds. The molecule has 2 heterocycles. The van der Waals surface area contributed by atoms with Crippen molar-refractivity contribution in [2.45, 2.75) is 6.61 Å². The fraction of sp³-hybridized carbons (Fsp3) is 0.231. The number of nitrogen functional groups attached to an aromatic ring is 1. The predicted octanol–water partition coefficient (Wildman–Crippen LogP) is 2.86. The minimum Gasteiger partial charge on any atom is -0.454 e. The Hall–Kier alpha value is -1.32. The van der Waals surface area contributed by atoms with Crippen LogP contribution in [0.25, 0.3) is 11.4 Å². The SMILES string of the molecule is COCc1nc(-c2cc(Cl)c3c(c2)OCO3)nc(N)c1I. The van der Waals surface area contributed by atoms with Crippen molar-refractivity contribution in [3.63, 3.8) is 0 Å². The minimum absolute atomic E-state index is 0.156. The lowest BCUT2D eigenvalue weighted by molar-refractivity contribution is 0.174. The first-order chi connectivity index (χ1) is 10.1. The molecule has 1 aromatic carbocycles. The molecule has 8 heteroatoms. The molecule has 0 atom stereocenters. The van der Waals surface area contributed by atoms with Crippen molar-refractivity contribution in [1.29, 1.82) is 0 Å². The third kappa shape index (κ3) is 2.72. The van der Waals surface area contributed by atoms with Crippen LogP contribution in [0.4, 0.5) is 5.82 Å². The molecular weight excluding hydrogens is 409 g/mol. The van der Waals surface area contributed by atoms with Crippen molar-refractivity contribution >= 4 is 40.0 Å². The third-order valence-corrected chi connectivity index (χ3v) is 4.37. The summed E-state index contributed by atoms with van der Waals surface area (Å²) in [6.45, 7) is 0.513. The summed E-state index contributed by atoms with van der Waals surface area (Å²) in [5.41, 5.74) is 7.38. The first kappa shape index (κ1) is 14.6. The van der Waals surface area contributed by atoms with Crippen LogP contribution in [0.5, 0.6) is 11.5 Å². The number of hydrogen-bond donors (Lipinski definition) is 1. The number of ether oxygens (including phenoxy) is 3. The summed E-state index contributed by atoms with van der Waals surface area (Å²) in [7, 11) is 1.60. The van der Waals surface area contributed by atoms with Crippen LogP contribution < -0.4 is 15.2 Å². The second-order valence-corrected chi connectivity index (χ2v) is 5.80. The highest BCUT2D eigenvalue weighted by Crippen LogP contribution is 2.42. The van der Waals surface area contributed by atoms with E-state index in [1.54, 1.807) is 19.2 Å². The van der Waals surface area contributed by atoms with Crippen LogP contribution in [0.15, 0.2) is 12.1 Å². The van der Waals surface area contributed by atoms with Crippen LogP contribution in [0.3, 0.4) is 0 Å². The van der Waals surface area contributed by atoms with E-state index in [0.29, 0.717) is 40.3 Å². The lowest BCUT2D eigenvalue weighted by atomic mass is 10.2. The van der Waals surface area contributed by atoms with Gasteiger partial charge in [0.25, 0.3) is 0 Å². The normalized spacial score (nSPS) is 12.7. The van der Waals surface area contributed by atoms with Gasteiger partial charge in [-0.25, -0.2) is 9.97 Å². The van der Waals surface area contributed by atoms with E-state index in [1.807, 2.05) is 0 Å². The molecule has 1 aliphatic rings. The first-order valence-electron chi connectivity index (χ1n) is 6.00. The standard InChI is InChI=1S/C13H11ClIN3O3/c1-19-4-8-10(15)12(16)18-13(17-8)6-2-7(14)11-9(3-6)20-5-21-11/h2-3H,4-5H2,1H3,(H2,16,17,18). The quantitative estimate of drug-likeness (QED) is 0.771. The zero-order valence-corrected chi connectivity index (χ0v) is 13.9. The average Bonchev–Trinajstić information content (AvgIpc) is 2.92. The highest BCUT2D eigenvalue weighted by atomic mass is 127. The van der Waals surface area contributed by atoms with Gasteiger partial charge in [0, 0.05) is 12.7 Å². The molecule has 3 rings (SSSR count). The molecule has 0 saturated carbocycles. The van der Waals surface area contributed by atoms with Gasteiger partial charge in [0.05, 0.1) is 20.9 Å². The van der Waals surface area contributed by atoms with Crippen molar-refractivity contribution in [3.8, 4) is 22.9 Å². The topological polar surface area (TPSA) is 79.5 Å². The number of benzene rings is 1. The van der Waals surface area contributed by atoms with Crippen LogP contribution in [0, 0.1) is 3.57 Å². The van der Waals surface area contributed by atoms with Crippen molar-refractivity contribution in [1.82, 2.24) is 9.97 Å². The van der Waals surface area contributed by atoms with E-state index in [4.69, 9.17) is 31.5 Å². The summed E-state index contributed by atoms with van der Waals surface area (Å²) in [5.74, 6) is 1.99. The Kier molecular flexibility index (Phi) is 4.05. The number of anilines is 1. The number of hydrogen-bond acceptors (Lipinski definition) is 6. The molecule has 0 aliphatic carbocycles. The first-order valence-corrected chi connectivity index (χ1v) is 7.46. The molecule has 2 aromatic rings. The molecule has 0 unspecified atom stereocenters. The van der Waals surface area contributed by atoms with Crippen molar-refractivity contribution in [2.75, 3.05) is 19.6 Å². The Morgan fingerprint density at radius 1 is 1.38 bits per heavy atom. The van der Waals surface area contributed by atoms with Gasteiger partial charge in [-0.2, -0.15) is 0 Å². The van der Waals surface area contributed by atoms with Gasteiger partial charge in [0.15, 0.2) is 17.3 Å². The summed E-state index contributed by atoms with van der Waals surface area (Å²) in [6.07, 6.45) is 0. The maximum absolute atomic E-state index is 6.18. The number of aromatic nitrogens is 2. The Labute approximate surface area is 139 Å². The highest BCUT2D eigenvalue weighted by Gasteiger charge is 2.20. The smallest absolute Gasteiger partial charge is 0.231 e. The largest absolute Gasteiger partial charge is 0.454 e. The van der Waals surface area contributed by atoms with Crippen LogP contribution in [0.2, 0.25) is 5.02 Å². The van der Waals surface area contributed by atoms with E-state index in [9.17, 15) is 0 Å². The van der Waals surface area contributed by atoms with Gasteiger partial charge in [0.1, 0.15) is 5.82 Å². The summed E-state index contributed by atoms with van der Waals surface area (Å²) < 4.78 is 16.6. The molecule has 2 N–H and O–H groups in total. The van der Waals surface area contributed by atoms with Crippen LogP contribution >= 0.6 is 34.2 Å². The monoisotopic (exact) mass is 419 g/mol. The molecule has 1 aromatic heterocycles. The average molecular weight is 420 g/mol. The molecule has 6 nitrogen and oxygen atoms in total. The van der Waals surface area contributed by atoms with Crippen LogP contribution in [-0.4, -0.2) is 23.9 Å². The highest BCUT2D eigenvalue weighted by molar-refractivity contribution is 14.1. The van der Waals surface area contributed by atoms with E-state index in [-0.39, 0.29) is 6.79 Å². The number of rotatable bonds is 3. The van der Waals surface area contributed by atoms with Crippen molar-refractivity contribution < 1.29 is 14.2 Å². The number of nitrogens with two attached hydrogens (primary N) is 1. The van der Waals surface area contributed by atoms with Gasteiger partial charge in [-0.1, -0.05) is 11.6 Å². The number of halogens is 2. The van der Waals surface area contributed by atoms with Gasteiger partial charge in [-0.05, 0) is 34.7 Å². The molecule has 110 valence electrons. The van der Waals surface area contributed by atoms with E-state index in [1.165, 1.54) is 0 Å². The van der Waals surface area contributed by atoms with E-state index in [0.717, 1.165) is 9.26 Å². The maximum atomic E-state index is 6.18. The lowest BCUT2D eigenvalue weighted by Gasteiger charge is -2.09. The summed E-state index contributed by atoms with van der Waals surface area (Å²) in [6, 6.07) is 3.51. The molecule has 0 spiro atoms. The van der Waals surface area contributed by atoms with Gasteiger partial charge < -0.3 is 19.9 Å². The summed E-state index contributed by atoms with van der Waals surface area (Å²) in [4.78, 5) is 8.78. The van der Waals surface area contributed by atoms with Gasteiger partial charge in [0.2, 0.25) is 6.79 Å². The minimum atomic E-state index is 0.156. The Bertz CT molecular complexity index is 712. The molecule has 0 radical (unpaired) electrons. The third-order valence-electron chi connectivity index (χ3n) is 2.91. The molecular formula is C13H11ClIN3O3. The zero-order chi connectivity index (χ0) is 15.0. The maximum Gasteiger partial charge on any atom is 0.231 e. The molecule has 0 fully saturated rings. The Morgan fingerprint density at radius 3 is 2.95 bits per heavy atom. The Balaban J connectivity index is 2.10. The fourth-order valence-corrected chi connectivity index (χ4v) is 2.63. The van der Waals surface area contributed by atoms with Gasteiger partial charge >= 0.3 is 0 Å². The fourth-order valence-electron chi connectivity index (χ4n) is 1.97. The molecule has 21 heavy (non-hydrogen) atoms. The summed E-state index contributed by atoms with van der Waals surface area (Å²) >= 11 is 8.28. The Morgan fingerprint density at radius 2 is 2.19 bits per heavy atom. The number of methoxy groups -OCH3 is 1. The summed E-state index contributed by atoms with van der Waals surface area (Å²) in [5, 5.41) is 0.453. The van der Waals surface area contributed by atoms with E-state index < -0.39 is 0 Å². The molecule has 0 saturated heterocycles. The number of nitrogens with zero attached hydrogens (tertiary/aromatic N) is 2. The lowest BCUT2D eigenvalue weighted by Crippen LogP contribution is -2.06. The number of fused-ring (bicyclic) bond motifs is 1.